The van der Waals surface area contributed by atoms with Gasteiger partial charge in [-0.1, -0.05) is 6.07 Å². The van der Waals surface area contributed by atoms with Gasteiger partial charge in [0.15, 0.2) is 0 Å². The van der Waals surface area contributed by atoms with Gasteiger partial charge in [0.1, 0.15) is 0 Å². The Kier molecular flexibility index (Phi) is 2.86. The summed E-state index contributed by atoms with van der Waals surface area (Å²) < 4.78 is 2.15. The standard InChI is InChI=1S/C15H17BN3/c1-12-10-13-7-8-17-11-14(13)16(2)19(12)15-6-4-5-9-18(15)3/h4-11H,1-3H3/q+1. The van der Waals surface area contributed by atoms with E-state index in [1.165, 1.54) is 22.5 Å². The van der Waals surface area contributed by atoms with Crippen LogP contribution in [-0.2, 0) is 7.05 Å². The van der Waals surface area contributed by atoms with E-state index in [-0.39, 0.29) is 0 Å². The molecule has 0 fully saturated rings. The van der Waals surface area contributed by atoms with Gasteiger partial charge in [0, 0.05) is 18.5 Å². The zero-order chi connectivity index (χ0) is 13.4. The minimum absolute atomic E-state index is 0.294. The van der Waals surface area contributed by atoms with Crippen LogP contribution in [0, 0.1) is 0 Å². The van der Waals surface area contributed by atoms with Crippen molar-refractivity contribution >= 4 is 24.2 Å². The normalized spacial score (nSPS) is 14.2. The van der Waals surface area contributed by atoms with Crippen LogP contribution in [0.3, 0.4) is 0 Å². The smallest absolute Gasteiger partial charge is 0.290 e. The molecule has 3 heterocycles. The molecule has 0 radical (unpaired) electrons. The predicted octanol–water partition coefficient (Wildman–Crippen LogP) is 1.62. The number of aryl methyl sites for hydroxylation is 1. The fourth-order valence-electron chi connectivity index (χ4n) is 2.78. The number of nitrogens with zero attached hydrogens (tertiary/aromatic N) is 3. The summed E-state index contributed by atoms with van der Waals surface area (Å²) in [6, 6.07) is 8.35. The average Bonchev–Trinajstić information content (AvgIpc) is 2.41. The third kappa shape index (κ3) is 1.93. The number of hydrogen-bond acceptors (Lipinski definition) is 2. The summed E-state index contributed by atoms with van der Waals surface area (Å²) in [4.78, 5) is 6.61. The number of hydrogen-bond donors (Lipinski definition) is 0. The zero-order valence-electron chi connectivity index (χ0n) is 11.5. The summed E-state index contributed by atoms with van der Waals surface area (Å²) in [6.07, 6.45) is 8.13. The number of fused-ring (bicyclic) bond motifs is 1. The Morgan fingerprint density at radius 2 is 2.11 bits per heavy atom. The van der Waals surface area contributed by atoms with Crippen molar-refractivity contribution in [2.24, 2.45) is 7.05 Å². The van der Waals surface area contributed by atoms with Crippen LogP contribution in [0.4, 0.5) is 5.82 Å². The lowest BCUT2D eigenvalue weighted by molar-refractivity contribution is -0.658. The van der Waals surface area contributed by atoms with Crippen LogP contribution in [0.2, 0.25) is 6.82 Å². The molecule has 1 aliphatic rings. The maximum absolute atomic E-state index is 4.26. The van der Waals surface area contributed by atoms with E-state index < -0.39 is 0 Å². The molecule has 0 atom stereocenters. The largest absolute Gasteiger partial charge is 0.411 e. The molecule has 0 saturated carbocycles. The Labute approximate surface area is 114 Å². The van der Waals surface area contributed by atoms with Gasteiger partial charge < -0.3 is 0 Å². The first-order chi connectivity index (χ1) is 9.18. The van der Waals surface area contributed by atoms with Crippen molar-refractivity contribution in [3.05, 3.63) is 54.1 Å². The molecule has 4 heteroatoms. The Bertz CT molecular complexity index is 651. The van der Waals surface area contributed by atoms with Crippen LogP contribution in [0.15, 0.2) is 48.6 Å². The van der Waals surface area contributed by atoms with Gasteiger partial charge in [0.25, 0.3) is 5.82 Å². The van der Waals surface area contributed by atoms with Crippen molar-refractivity contribution in [3.8, 4) is 0 Å². The topological polar surface area (TPSA) is 20.0 Å². The molecule has 1 aliphatic heterocycles. The van der Waals surface area contributed by atoms with Crippen LogP contribution >= 0.6 is 0 Å². The molecular weight excluding hydrogens is 233 g/mol. The quantitative estimate of drug-likeness (QED) is 0.566. The van der Waals surface area contributed by atoms with Crippen LogP contribution in [-0.4, -0.2) is 11.8 Å². The lowest BCUT2D eigenvalue weighted by Crippen LogP contribution is -2.53. The molecule has 0 N–H and O–H groups in total. The number of pyridine rings is 2. The van der Waals surface area contributed by atoms with Gasteiger partial charge in [-0.15, -0.1) is 0 Å². The van der Waals surface area contributed by atoms with E-state index >= 15 is 0 Å². The van der Waals surface area contributed by atoms with E-state index in [0.717, 1.165) is 0 Å². The Morgan fingerprint density at radius 1 is 1.26 bits per heavy atom. The predicted molar refractivity (Wildman–Crippen MR) is 79.2 cm³/mol. The van der Waals surface area contributed by atoms with Gasteiger partial charge in [0.05, 0.1) is 18.9 Å². The molecule has 0 bridgehead atoms. The number of rotatable bonds is 1. The summed E-state index contributed by atoms with van der Waals surface area (Å²) in [5.74, 6) is 1.19. The third-order valence-corrected chi connectivity index (χ3v) is 3.74. The van der Waals surface area contributed by atoms with Gasteiger partial charge in [-0.25, -0.2) is 4.57 Å². The summed E-state index contributed by atoms with van der Waals surface area (Å²) in [5.41, 5.74) is 3.81. The van der Waals surface area contributed by atoms with E-state index in [9.17, 15) is 0 Å². The Balaban J connectivity index is 2.13. The van der Waals surface area contributed by atoms with Crippen molar-refractivity contribution < 1.29 is 4.57 Å². The highest BCUT2D eigenvalue weighted by atomic mass is 15.2. The van der Waals surface area contributed by atoms with Crippen molar-refractivity contribution in [1.29, 1.82) is 0 Å². The number of anilines is 1. The van der Waals surface area contributed by atoms with Gasteiger partial charge in [-0.2, -0.15) is 0 Å². The molecule has 19 heavy (non-hydrogen) atoms. The first-order valence-corrected chi connectivity index (χ1v) is 6.54. The van der Waals surface area contributed by atoms with Gasteiger partial charge >= 0.3 is 6.85 Å². The maximum Gasteiger partial charge on any atom is 0.411 e. The fourth-order valence-corrected chi connectivity index (χ4v) is 2.78. The number of allylic oxidation sites excluding steroid dienone is 1. The second-order valence-corrected chi connectivity index (χ2v) is 5.01. The monoisotopic (exact) mass is 250 g/mol. The van der Waals surface area contributed by atoms with E-state index in [0.29, 0.717) is 6.85 Å². The fraction of sp³-hybridized carbons (Fsp3) is 0.200. The minimum atomic E-state index is 0.294. The molecule has 0 unspecified atom stereocenters. The third-order valence-electron chi connectivity index (χ3n) is 3.74. The zero-order valence-corrected chi connectivity index (χ0v) is 11.5. The highest BCUT2D eigenvalue weighted by Crippen LogP contribution is 2.22. The van der Waals surface area contributed by atoms with Crippen molar-refractivity contribution in [2.75, 3.05) is 4.81 Å². The molecule has 0 spiro atoms. The van der Waals surface area contributed by atoms with Crippen molar-refractivity contribution in [1.82, 2.24) is 4.98 Å². The summed E-state index contributed by atoms with van der Waals surface area (Å²) in [7, 11) is 2.08. The maximum atomic E-state index is 4.26. The van der Waals surface area contributed by atoms with Crippen molar-refractivity contribution in [3.63, 3.8) is 0 Å². The van der Waals surface area contributed by atoms with Gasteiger partial charge in [-0.3, -0.25) is 9.79 Å². The minimum Gasteiger partial charge on any atom is -0.290 e. The van der Waals surface area contributed by atoms with Gasteiger partial charge in [-0.05, 0) is 43.0 Å². The lowest BCUT2D eigenvalue weighted by atomic mass is 9.54. The Hall–Kier alpha value is -2.10. The van der Waals surface area contributed by atoms with Crippen LogP contribution in [0.1, 0.15) is 12.5 Å². The molecule has 0 aliphatic carbocycles. The summed E-state index contributed by atoms with van der Waals surface area (Å²) in [6.45, 7) is 4.68. The highest BCUT2D eigenvalue weighted by Gasteiger charge is 2.36. The second-order valence-electron chi connectivity index (χ2n) is 5.01. The highest BCUT2D eigenvalue weighted by molar-refractivity contribution is 6.77. The summed E-state index contributed by atoms with van der Waals surface area (Å²) in [5, 5.41) is 0. The molecule has 94 valence electrons. The molecule has 0 amide bonds. The molecule has 3 rings (SSSR count). The SMILES string of the molecule is CB1c2cnccc2C=C(C)N1c1cccc[n+]1C. The average molecular weight is 250 g/mol. The van der Waals surface area contributed by atoms with E-state index in [2.05, 4.69) is 65.6 Å². The molecule has 3 nitrogen and oxygen atoms in total. The molecular formula is C15H17BN3+. The molecule has 0 aromatic carbocycles. The Morgan fingerprint density at radius 3 is 2.89 bits per heavy atom. The first kappa shape index (κ1) is 12.0. The molecule has 2 aromatic rings. The number of aromatic nitrogens is 2. The summed E-state index contributed by atoms with van der Waals surface area (Å²) >= 11 is 0. The first-order valence-electron chi connectivity index (χ1n) is 6.54. The van der Waals surface area contributed by atoms with E-state index in [4.69, 9.17) is 0 Å². The van der Waals surface area contributed by atoms with Crippen molar-refractivity contribution in [2.45, 2.75) is 13.7 Å². The molecule has 2 aromatic heterocycles. The van der Waals surface area contributed by atoms with Crippen LogP contribution in [0.25, 0.3) is 6.08 Å². The van der Waals surface area contributed by atoms with E-state index in [1.807, 2.05) is 18.5 Å². The molecule has 0 saturated heterocycles. The second kappa shape index (κ2) is 4.54. The van der Waals surface area contributed by atoms with Gasteiger partial charge in [0.2, 0.25) is 0 Å². The van der Waals surface area contributed by atoms with Crippen LogP contribution in [0.5, 0.6) is 0 Å². The lowest BCUT2D eigenvalue weighted by Gasteiger charge is -2.27. The van der Waals surface area contributed by atoms with Crippen LogP contribution < -0.4 is 14.8 Å². The van der Waals surface area contributed by atoms with E-state index in [1.54, 1.807) is 0 Å².